The minimum Gasteiger partial charge on any atom is -0.494 e. The van der Waals surface area contributed by atoms with Crippen molar-refractivity contribution in [1.82, 2.24) is 19.5 Å². The van der Waals surface area contributed by atoms with Crippen molar-refractivity contribution in [2.24, 2.45) is 0 Å². The number of fused-ring (bicyclic) bond motifs is 1. The fourth-order valence-corrected chi connectivity index (χ4v) is 3.23. The topological polar surface area (TPSA) is 100 Å². The van der Waals surface area contributed by atoms with E-state index in [2.05, 4.69) is 20.3 Å². The first-order valence-electron chi connectivity index (χ1n) is 9.06. The molecular weight excluding hydrogens is 374 g/mol. The molecule has 0 radical (unpaired) electrons. The summed E-state index contributed by atoms with van der Waals surface area (Å²) in [6, 6.07) is 5.68. The molecule has 0 amide bonds. The number of carbonyl (C=O) groups excluding carboxylic acids is 1. The third-order valence-electron chi connectivity index (χ3n) is 4.68. The first-order chi connectivity index (χ1) is 14.1. The van der Waals surface area contributed by atoms with Gasteiger partial charge in [0.2, 0.25) is 5.95 Å². The third kappa shape index (κ3) is 3.77. The highest BCUT2D eigenvalue weighted by Gasteiger charge is 2.30. The Kier molecular flexibility index (Phi) is 5.13. The molecule has 9 heteroatoms. The van der Waals surface area contributed by atoms with Gasteiger partial charge < -0.3 is 24.1 Å². The highest BCUT2D eigenvalue weighted by molar-refractivity contribution is 5.78. The average molecular weight is 395 g/mol. The molecule has 0 saturated carbocycles. The van der Waals surface area contributed by atoms with Crippen molar-refractivity contribution < 1.29 is 19.0 Å². The summed E-state index contributed by atoms with van der Waals surface area (Å²) in [5.41, 5.74) is 3.94. The van der Waals surface area contributed by atoms with E-state index in [-0.39, 0.29) is 12.6 Å². The van der Waals surface area contributed by atoms with E-state index in [4.69, 9.17) is 14.2 Å². The maximum absolute atomic E-state index is 12.0. The first kappa shape index (κ1) is 18.9. The minimum atomic E-state index is -0.561. The number of nitrogens with zero attached hydrogens (tertiary/aromatic N) is 4. The van der Waals surface area contributed by atoms with Crippen molar-refractivity contribution >= 4 is 17.6 Å². The molecule has 0 spiro atoms. The van der Waals surface area contributed by atoms with Crippen LogP contribution in [0, 0.1) is 6.92 Å². The zero-order valence-electron chi connectivity index (χ0n) is 16.4. The average Bonchev–Trinajstić information content (AvgIpc) is 3.18. The first-order valence-corrected chi connectivity index (χ1v) is 9.06. The van der Waals surface area contributed by atoms with Crippen LogP contribution < -0.4 is 10.1 Å². The Hall–Kier alpha value is -3.46. The summed E-state index contributed by atoms with van der Waals surface area (Å²) >= 11 is 0. The lowest BCUT2D eigenvalue weighted by Gasteiger charge is -2.23. The number of ether oxygens (including phenoxy) is 3. The molecule has 3 heterocycles. The van der Waals surface area contributed by atoms with Gasteiger partial charge in [-0.05, 0) is 19.1 Å². The summed E-state index contributed by atoms with van der Waals surface area (Å²) in [6.07, 6.45) is 5.33. The maximum Gasteiger partial charge on any atom is 0.317 e. The molecular formula is C20H21N5O4. The smallest absolute Gasteiger partial charge is 0.317 e. The van der Waals surface area contributed by atoms with Crippen molar-refractivity contribution in [2.75, 3.05) is 26.1 Å². The Morgan fingerprint density at radius 2 is 2.17 bits per heavy atom. The predicted molar refractivity (Wildman–Crippen MR) is 105 cm³/mol. The zero-order chi connectivity index (χ0) is 20.4. The molecule has 2 aromatic heterocycles. The number of nitrogens with one attached hydrogen (secondary N) is 1. The number of aromatic nitrogens is 4. The predicted octanol–water partition coefficient (Wildman–Crippen LogP) is 2.51. The van der Waals surface area contributed by atoms with Crippen LogP contribution >= 0.6 is 0 Å². The lowest BCUT2D eigenvalue weighted by atomic mass is 10.00. The summed E-state index contributed by atoms with van der Waals surface area (Å²) in [6.45, 7) is 2.54. The van der Waals surface area contributed by atoms with Gasteiger partial charge in [-0.2, -0.15) is 0 Å². The fraction of sp³-hybridized carbons (Fsp3) is 0.300. The molecule has 9 nitrogen and oxygen atoms in total. The maximum atomic E-state index is 12.0. The summed E-state index contributed by atoms with van der Waals surface area (Å²) in [7, 11) is 2.97. The Bertz CT molecular complexity index is 1050. The highest BCUT2D eigenvalue weighted by Crippen LogP contribution is 2.30. The lowest BCUT2D eigenvalue weighted by Crippen LogP contribution is -2.26. The normalized spacial score (nSPS) is 15.5. The van der Waals surface area contributed by atoms with E-state index in [9.17, 15) is 4.79 Å². The Morgan fingerprint density at radius 3 is 2.90 bits per heavy atom. The number of hydrogen-bond donors (Lipinski definition) is 1. The van der Waals surface area contributed by atoms with Crippen LogP contribution in [0.4, 0.5) is 11.6 Å². The summed E-state index contributed by atoms with van der Waals surface area (Å²) in [5.74, 6) is 0.116. The zero-order valence-corrected chi connectivity index (χ0v) is 16.4. The number of hydrogen-bond acceptors (Lipinski definition) is 8. The number of methoxy groups -OCH3 is 2. The molecule has 1 unspecified atom stereocenters. The van der Waals surface area contributed by atoms with Crippen LogP contribution in [0.25, 0.3) is 5.69 Å². The lowest BCUT2D eigenvalue weighted by molar-refractivity contribution is -0.144. The molecule has 1 N–H and O–H groups in total. The molecule has 1 aromatic carbocycles. The number of carbonyl (C=O) groups is 1. The van der Waals surface area contributed by atoms with Crippen LogP contribution in [-0.2, 0) is 20.9 Å². The van der Waals surface area contributed by atoms with Crippen molar-refractivity contribution in [3.8, 4) is 11.4 Å². The van der Waals surface area contributed by atoms with Crippen molar-refractivity contribution in [1.29, 1.82) is 0 Å². The Balaban J connectivity index is 1.62. The number of esters is 1. The number of benzene rings is 1. The molecule has 1 aliphatic rings. The molecule has 29 heavy (non-hydrogen) atoms. The van der Waals surface area contributed by atoms with Crippen LogP contribution in [0.5, 0.6) is 5.75 Å². The number of rotatable bonds is 5. The van der Waals surface area contributed by atoms with E-state index < -0.39 is 5.92 Å². The van der Waals surface area contributed by atoms with E-state index in [0.717, 1.165) is 22.6 Å². The van der Waals surface area contributed by atoms with Crippen LogP contribution in [0.3, 0.4) is 0 Å². The third-order valence-corrected chi connectivity index (χ3v) is 4.68. The van der Waals surface area contributed by atoms with E-state index >= 15 is 0 Å². The van der Waals surface area contributed by atoms with Crippen molar-refractivity contribution in [3.05, 3.63) is 53.9 Å². The quantitative estimate of drug-likeness (QED) is 0.658. The molecule has 1 aliphatic heterocycles. The largest absolute Gasteiger partial charge is 0.494 e. The number of imidazole rings is 1. The van der Waals surface area contributed by atoms with E-state index in [0.29, 0.717) is 24.0 Å². The SMILES string of the molecule is COC(=O)C1COCc2cnc(Nc3ccc(-n4cnc(C)c4)c(OC)c3)nc21. The highest BCUT2D eigenvalue weighted by atomic mass is 16.5. The minimum absolute atomic E-state index is 0.239. The molecule has 0 saturated heterocycles. The van der Waals surface area contributed by atoms with E-state index in [1.807, 2.05) is 35.9 Å². The molecule has 150 valence electrons. The summed E-state index contributed by atoms with van der Waals surface area (Å²) < 4.78 is 17.8. The summed E-state index contributed by atoms with van der Waals surface area (Å²) in [5, 5.41) is 3.17. The van der Waals surface area contributed by atoms with Crippen LogP contribution in [0.1, 0.15) is 22.9 Å². The van der Waals surface area contributed by atoms with Crippen LogP contribution in [0.15, 0.2) is 36.9 Å². The van der Waals surface area contributed by atoms with Gasteiger partial charge in [0.05, 0.1) is 50.8 Å². The Morgan fingerprint density at radius 1 is 1.31 bits per heavy atom. The van der Waals surface area contributed by atoms with Crippen LogP contribution in [0.2, 0.25) is 0 Å². The van der Waals surface area contributed by atoms with Gasteiger partial charge in [0, 0.05) is 29.7 Å². The molecule has 4 rings (SSSR count). The molecule has 0 fully saturated rings. The molecule has 1 atom stereocenters. The van der Waals surface area contributed by atoms with Gasteiger partial charge in [0.15, 0.2) is 0 Å². The van der Waals surface area contributed by atoms with Gasteiger partial charge >= 0.3 is 5.97 Å². The standard InChI is InChI=1S/C20H21N5O4/c1-12-8-25(11-22-12)16-5-4-14(6-17(16)27-2)23-20-21-7-13-9-29-10-15(18(13)24-20)19(26)28-3/h4-8,11,15H,9-10H2,1-3H3,(H,21,23,24). The van der Waals surface area contributed by atoms with Gasteiger partial charge in [0.1, 0.15) is 11.7 Å². The van der Waals surface area contributed by atoms with Crippen molar-refractivity contribution in [2.45, 2.75) is 19.4 Å². The van der Waals surface area contributed by atoms with Crippen LogP contribution in [-0.4, -0.2) is 46.3 Å². The van der Waals surface area contributed by atoms with Crippen molar-refractivity contribution in [3.63, 3.8) is 0 Å². The number of anilines is 2. The second-order valence-electron chi connectivity index (χ2n) is 6.63. The second kappa shape index (κ2) is 7.88. The second-order valence-corrected chi connectivity index (χ2v) is 6.63. The van der Waals surface area contributed by atoms with Gasteiger partial charge in [-0.3, -0.25) is 4.79 Å². The van der Waals surface area contributed by atoms with E-state index in [1.165, 1.54) is 7.11 Å². The molecule has 3 aromatic rings. The molecule has 0 bridgehead atoms. The summed E-state index contributed by atoms with van der Waals surface area (Å²) in [4.78, 5) is 25.2. The van der Waals surface area contributed by atoms with Gasteiger partial charge in [0.25, 0.3) is 0 Å². The Labute approximate surface area is 167 Å². The van der Waals surface area contributed by atoms with Gasteiger partial charge in [-0.15, -0.1) is 0 Å². The fourth-order valence-electron chi connectivity index (χ4n) is 3.23. The monoisotopic (exact) mass is 395 g/mol. The van der Waals surface area contributed by atoms with Gasteiger partial charge in [-0.25, -0.2) is 15.0 Å². The van der Waals surface area contributed by atoms with Gasteiger partial charge in [-0.1, -0.05) is 0 Å². The molecule has 0 aliphatic carbocycles. The number of aryl methyl sites for hydroxylation is 1. The van der Waals surface area contributed by atoms with E-state index in [1.54, 1.807) is 19.6 Å².